The number of nitriles is 1. The normalized spacial score (nSPS) is 10.5. The Labute approximate surface area is 180 Å². The van der Waals surface area contributed by atoms with Gasteiger partial charge in [0.2, 0.25) is 0 Å². The van der Waals surface area contributed by atoms with Crippen LogP contribution in [-0.2, 0) is 6.54 Å². The van der Waals surface area contributed by atoms with E-state index in [-0.39, 0.29) is 5.91 Å². The summed E-state index contributed by atoms with van der Waals surface area (Å²) < 4.78 is 1.86. The zero-order chi connectivity index (χ0) is 22.0. The quantitative estimate of drug-likeness (QED) is 0.578. The number of nitrogens with zero attached hydrogens (tertiary/aromatic N) is 4. The maximum atomic E-state index is 12.4. The van der Waals surface area contributed by atoms with E-state index in [1.54, 1.807) is 38.4 Å². The fourth-order valence-electron chi connectivity index (χ4n) is 3.43. The maximum Gasteiger partial charge on any atom is 0.254 e. The summed E-state index contributed by atoms with van der Waals surface area (Å²) in [5.74, 6) is -0.222. The molecule has 0 fully saturated rings. The fraction of sp³-hybridized carbons (Fsp3) is 0.217. The summed E-state index contributed by atoms with van der Waals surface area (Å²) in [4.78, 5) is 25.2. The minimum atomic E-state index is -0.222. The molecule has 0 saturated heterocycles. The van der Waals surface area contributed by atoms with E-state index >= 15 is 0 Å². The lowest BCUT2D eigenvalue weighted by Gasteiger charge is -2.14. The molecule has 0 radical (unpaired) electrons. The van der Waals surface area contributed by atoms with Crippen LogP contribution in [-0.4, -0.2) is 41.0 Å². The SMILES string of the molecule is Cc1nn(Cc2ccc(C=O)c(C(=O)N(C)C)c2)c(C)c1-c1ccc(C#N)c(Cl)c1. The summed E-state index contributed by atoms with van der Waals surface area (Å²) in [7, 11) is 3.30. The van der Waals surface area contributed by atoms with E-state index in [0.29, 0.717) is 34.5 Å². The molecule has 2 aromatic carbocycles. The lowest BCUT2D eigenvalue weighted by molar-refractivity contribution is 0.0824. The van der Waals surface area contributed by atoms with Crippen LogP contribution in [0, 0.1) is 25.2 Å². The Bertz CT molecular complexity index is 1190. The minimum absolute atomic E-state index is 0.222. The van der Waals surface area contributed by atoms with Gasteiger partial charge in [0, 0.05) is 30.9 Å². The first-order valence-electron chi connectivity index (χ1n) is 9.30. The third kappa shape index (κ3) is 3.98. The van der Waals surface area contributed by atoms with Gasteiger partial charge < -0.3 is 4.90 Å². The third-order valence-corrected chi connectivity index (χ3v) is 5.29. The average Bonchev–Trinajstić information content (AvgIpc) is 3.00. The summed E-state index contributed by atoms with van der Waals surface area (Å²) in [6, 6.07) is 12.6. The Balaban J connectivity index is 2.00. The number of benzene rings is 2. The lowest BCUT2D eigenvalue weighted by Crippen LogP contribution is -2.23. The molecule has 0 atom stereocenters. The van der Waals surface area contributed by atoms with Gasteiger partial charge in [0.05, 0.1) is 28.4 Å². The van der Waals surface area contributed by atoms with E-state index in [4.69, 9.17) is 16.9 Å². The molecule has 0 aliphatic rings. The van der Waals surface area contributed by atoms with Gasteiger partial charge in [-0.25, -0.2) is 0 Å². The highest BCUT2D eigenvalue weighted by molar-refractivity contribution is 6.32. The van der Waals surface area contributed by atoms with E-state index in [9.17, 15) is 9.59 Å². The lowest BCUT2D eigenvalue weighted by atomic mass is 10.0. The molecule has 0 saturated carbocycles. The first kappa shape index (κ1) is 21.3. The molecule has 0 N–H and O–H groups in total. The highest BCUT2D eigenvalue weighted by Gasteiger charge is 2.17. The van der Waals surface area contributed by atoms with Crippen molar-refractivity contribution in [2.75, 3.05) is 14.1 Å². The fourth-order valence-corrected chi connectivity index (χ4v) is 3.66. The predicted octanol–water partition coefficient (Wildman–Crippen LogP) is 4.25. The molecule has 0 unspecified atom stereocenters. The summed E-state index contributed by atoms with van der Waals surface area (Å²) in [6.45, 7) is 4.33. The zero-order valence-corrected chi connectivity index (χ0v) is 18.0. The molecule has 3 rings (SSSR count). The standard InChI is InChI=1S/C23H21ClN4O2/c1-14-22(17-7-8-18(11-25)21(24)10-17)15(2)28(26-14)12-16-5-6-19(13-29)20(9-16)23(30)27(3)4/h5-10,13H,12H2,1-4H3. The number of halogens is 1. The van der Waals surface area contributed by atoms with Crippen LogP contribution in [0.4, 0.5) is 0 Å². The molecule has 1 amide bonds. The summed E-state index contributed by atoms with van der Waals surface area (Å²) >= 11 is 6.21. The smallest absolute Gasteiger partial charge is 0.254 e. The van der Waals surface area contributed by atoms with Crippen LogP contribution >= 0.6 is 11.6 Å². The summed E-state index contributed by atoms with van der Waals surface area (Å²) in [6.07, 6.45) is 0.691. The van der Waals surface area contributed by atoms with Crippen molar-refractivity contribution < 1.29 is 9.59 Å². The molecule has 6 nitrogen and oxygen atoms in total. The van der Waals surface area contributed by atoms with Gasteiger partial charge >= 0.3 is 0 Å². The number of amides is 1. The average molecular weight is 421 g/mol. The molecule has 0 bridgehead atoms. The van der Waals surface area contributed by atoms with Crippen LogP contribution in [0.25, 0.3) is 11.1 Å². The number of aldehydes is 1. The summed E-state index contributed by atoms with van der Waals surface area (Å²) in [5.41, 5.74) is 5.63. The second-order valence-electron chi connectivity index (χ2n) is 7.25. The van der Waals surface area contributed by atoms with E-state index in [2.05, 4.69) is 11.2 Å². The number of carbonyl (C=O) groups is 2. The van der Waals surface area contributed by atoms with Gasteiger partial charge in [-0.3, -0.25) is 14.3 Å². The molecular weight excluding hydrogens is 400 g/mol. The van der Waals surface area contributed by atoms with Crippen LogP contribution in [0.2, 0.25) is 5.02 Å². The van der Waals surface area contributed by atoms with Crippen molar-refractivity contribution in [3.05, 3.63) is 75.1 Å². The van der Waals surface area contributed by atoms with Crippen molar-refractivity contribution in [3.63, 3.8) is 0 Å². The van der Waals surface area contributed by atoms with Crippen molar-refractivity contribution in [2.24, 2.45) is 0 Å². The van der Waals surface area contributed by atoms with Crippen LogP contribution < -0.4 is 0 Å². The molecule has 7 heteroatoms. The molecular formula is C23H21ClN4O2. The van der Waals surface area contributed by atoms with E-state index in [0.717, 1.165) is 28.1 Å². The number of aromatic nitrogens is 2. The highest BCUT2D eigenvalue weighted by atomic mass is 35.5. The number of hydrogen-bond donors (Lipinski definition) is 0. The van der Waals surface area contributed by atoms with E-state index in [1.807, 2.05) is 30.7 Å². The van der Waals surface area contributed by atoms with Crippen molar-refractivity contribution in [3.8, 4) is 17.2 Å². The monoisotopic (exact) mass is 420 g/mol. The molecule has 0 spiro atoms. The Morgan fingerprint density at radius 2 is 1.97 bits per heavy atom. The van der Waals surface area contributed by atoms with Crippen molar-refractivity contribution in [1.29, 1.82) is 5.26 Å². The Kier molecular flexibility index (Phi) is 6.04. The largest absolute Gasteiger partial charge is 0.345 e. The van der Waals surface area contributed by atoms with Gasteiger partial charge in [-0.15, -0.1) is 0 Å². The van der Waals surface area contributed by atoms with Gasteiger partial charge in [-0.05, 0) is 43.2 Å². The molecule has 1 aromatic heterocycles. The van der Waals surface area contributed by atoms with Crippen LogP contribution in [0.3, 0.4) is 0 Å². The van der Waals surface area contributed by atoms with Gasteiger partial charge in [-0.2, -0.15) is 10.4 Å². The Hall–Kier alpha value is -3.43. The number of rotatable bonds is 5. The zero-order valence-electron chi connectivity index (χ0n) is 17.2. The topological polar surface area (TPSA) is 79.0 Å². The third-order valence-electron chi connectivity index (χ3n) is 4.97. The first-order valence-corrected chi connectivity index (χ1v) is 9.68. The molecule has 152 valence electrons. The van der Waals surface area contributed by atoms with Crippen LogP contribution in [0.5, 0.6) is 0 Å². The predicted molar refractivity (Wildman–Crippen MR) is 116 cm³/mol. The van der Waals surface area contributed by atoms with Gasteiger partial charge in [-0.1, -0.05) is 29.8 Å². The highest BCUT2D eigenvalue weighted by Crippen LogP contribution is 2.30. The van der Waals surface area contributed by atoms with Crippen molar-refractivity contribution >= 4 is 23.8 Å². The number of carbonyl (C=O) groups excluding carboxylic acids is 2. The first-order chi connectivity index (χ1) is 14.3. The van der Waals surface area contributed by atoms with Crippen LogP contribution in [0.1, 0.15) is 43.2 Å². The second kappa shape index (κ2) is 8.52. The van der Waals surface area contributed by atoms with Gasteiger partial charge in [0.1, 0.15) is 6.07 Å². The van der Waals surface area contributed by atoms with Gasteiger partial charge in [0.25, 0.3) is 5.91 Å². The molecule has 3 aromatic rings. The Morgan fingerprint density at radius 3 is 2.57 bits per heavy atom. The van der Waals surface area contributed by atoms with Gasteiger partial charge in [0.15, 0.2) is 6.29 Å². The minimum Gasteiger partial charge on any atom is -0.345 e. The molecule has 1 heterocycles. The molecule has 0 aliphatic carbocycles. The van der Waals surface area contributed by atoms with Crippen molar-refractivity contribution in [1.82, 2.24) is 14.7 Å². The Morgan fingerprint density at radius 1 is 1.23 bits per heavy atom. The second-order valence-corrected chi connectivity index (χ2v) is 7.66. The number of aryl methyl sites for hydroxylation is 1. The number of hydrogen-bond acceptors (Lipinski definition) is 4. The van der Waals surface area contributed by atoms with E-state index in [1.165, 1.54) is 4.90 Å². The summed E-state index contributed by atoms with van der Waals surface area (Å²) in [5, 5.41) is 14.1. The molecule has 30 heavy (non-hydrogen) atoms. The maximum absolute atomic E-state index is 12.4. The molecule has 0 aliphatic heterocycles. The van der Waals surface area contributed by atoms with E-state index < -0.39 is 0 Å². The van der Waals surface area contributed by atoms with Crippen LogP contribution in [0.15, 0.2) is 36.4 Å². The van der Waals surface area contributed by atoms with Crippen molar-refractivity contribution in [2.45, 2.75) is 20.4 Å².